The Morgan fingerprint density at radius 2 is 2.07 bits per heavy atom. The first-order valence-electron chi connectivity index (χ1n) is 9.42. The molecule has 0 spiro atoms. The molecule has 30 heavy (non-hydrogen) atoms. The minimum atomic E-state index is -0.675. The second-order valence-corrected chi connectivity index (χ2v) is 8.60. The van der Waals surface area contributed by atoms with Crippen LogP contribution in [0.4, 0.5) is 11.4 Å². The summed E-state index contributed by atoms with van der Waals surface area (Å²) in [5, 5.41) is 6.29. The van der Waals surface area contributed by atoms with Crippen molar-refractivity contribution in [3.63, 3.8) is 0 Å². The Balaban J connectivity index is 1.61. The fourth-order valence-electron chi connectivity index (χ4n) is 3.24. The van der Waals surface area contributed by atoms with Crippen molar-refractivity contribution in [3.8, 4) is 17.0 Å². The van der Waals surface area contributed by atoms with Crippen LogP contribution in [0.25, 0.3) is 11.3 Å². The Kier molecular flexibility index (Phi) is 5.49. The first-order valence-corrected chi connectivity index (χ1v) is 10.7. The Bertz CT molecular complexity index is 1140. The number of nitrogens with one attached hydrogen (secondary N) is 1. The number of fused-ring (bicyclic) bond motifs is 1. The van der Waals surface area contributed by atoms with Gasteiger partial charge in [-0.25, -0.2) is 4.98 Å². The summed E-state index contributed by atoms with van der Waals surface area (Å²) in [7, 11) is 0. The van der Waals surface area contributed by atoms with E-state index in [1.165, 1.54) is 4.90 Å². The lowest BCUT2D eigenvalue weighted by Gasteiger charge is -2.32. The molecule has 1 N–H and O–H groups in total. The molecule has 0 saturated heterocycles. The van der Waals surface area contributed by atoms with Crippen molar-refractivity contribution in [1.29, 1.82) is 0 Å². The van der Waals surface area contributed by atoms with Gasteiger partial charge in [-0.2, -0.15) is 0 Å². The van der Waals surface area contributed by atoms with Crippen molar-refractivity contribution in [2.45, 2.75) is 26.9 Å². The van der Waals surface area contributed by atoms with Gasteiger partial charge in [0.25, 0.3) is 5.91 Å². The van der Waals surface area contributed by atoms with E-state index in [0.717, 1.165) is 21.8 Å². The number of amides is 2. The topological polar surface area (TPSA) is 71.5 Å². The zero-order valence-electron chi connectivity index (χ0n) is 16.7. The molecule has 1 aliphatic rings. The Morgan fingerprint density at radius 3 is 2.77 bits per heavy atom. The van der Waals surface area contributed by atoms with Gasteiger partial charge in [-0.15, -0.1) is 11.3 Å². The third-order valence-electron chi connectivity index (χ3n) is 4.84. The largest absolute Gasteiger partial charge is 0.479 e. The number of hydrogen-bond donors (Lipinski definition) is 1. The number of ether oxygens (including phenoxy) is 1. The highest BCUT2D eigenvalue weighted by atomic mass is 35.5. The summed E-state index contributed by atoms with van der Waals surface area (Å²) in [5.41, 5.74) is 3.74. The van der Waals surface area contributed by atoms with Gasteiger partial charge in [0, 0.05) is 21.7 Å². The molecule has 4 rings (SSSR count). The van der Waals surface area contributed by atoms with Crippen molar-refractivity contribution in [2.75, 3.05) is 16.8 Å². The molecule has 1 unspecified atom stereocenters. The molecule has 6 nitrogen and oxygen atoms in total. The minimum Gasteiger partial charge on any atom is -0.479 e. The molecule has 8 heteroatoms. The standard InChI is InChI=1S/C22H20ClN3O3S/c1-12-4-6-16(9-17(12)23)25-21(27)10-26-19-8-15(18-11-30-14(3)24-18)5-7-20(19)29-13(2)22(26)28/h4-9,11,13H,10H2,1-3H3,(H,25,27). The van der Waals surface area contributed by atoms with E-state index in [4.69, 9.17) is 16.3 Å². The van der Waals surface area contributed by atoms with Crippen LogP contribution < -0.4 is 15.0 Å². The maximum Gasteiger partial charge on any atom is 0.268 e. The van der Waals surface area contributed by atoms with Gasteiger partial charge in [-0.05, 0) is 56.7 Å². The fraction of sp³-hybridized carbons (Fsp3) is 0.227. The molecule has 2 heterocycles. The highest BCUT2D eigenvalue weighted by molar-refractivity contribution is 7.09. The van der Waals surface area contributed by atoms with Gasteiger partial charge in [0.2, 0.25) is 5.91 Å². The minimum absolute atomic E-state index is 0.134. The average molecular weight is 442 g/mol. The highest BCUT2D eigenvalue weighted by Gasteiger charge is 2.33. The highest BCUT2D eigenvalue weighted by Crippen LogP contribution is 2.37. The van der Waals surface area contributed by atoms with Crippen LogP contribution >= 0.6 is 22.9 Å². The normalized spacial score (nSPS) is 15.5. The van der Waals surface area contributed by atoms with Gasteiger partial charge in [0.15, 0.2) is 6.10 Å². The zero-order valence-corrected chi connectivity index (χ0v) is 18.3. The number of aromatic nitrogens is 1. The summed E-state index contributed by atoms with van der Waals surface area (Å²) in [6, 6.07) is 10.9. The van der Waals surface area contributed by atoms with Crippen LogP contribution in [0, 0.1) is 13.8 Å². The van der Waals surface area contributed by atoms with Crippen LogP contribution in [0.1, 0.15) is 17.5 Å². The van der Waals surface area contributed by atoms with Crippen LogP contribution in [0.2, 0.25) is 5.02 Å². The first-order chi connectivity index (χ1) is 14.3. The monoisotopic (exact) mass is 441 g/mol. The molecule has 154 valence electrons. The number of benzene rings is 2. The second kappa shape index (κ2) is 8.08. The first kappa shape index (κ1) is 20.4. The summed E-state index contributed by atoms with van der Waals surface area (Å²) in [6.45, 7) is 5.37. The molecular formula is C22H20ClN3O3S. The number of aryl methyl sites for hydroxylation is 2. The summed E-state index contributed by atoms with van der Waals surface area (Å²) in [6.07, 6.45) is -0.675. The number of hydrogen-bond acceptors (Lipinski definition) is 5. The Labute approximate surface area is 183 Å². The number of carbonyl (C=O) groups excluding carboxylic acids is 2. The fourth-order valence-corrected chi connectivity index (χ4v) is 4.04. The van der Waals surface area contributed by atoms with E-state index in [1.807, 2.05) is 43.5 Å². The third kappa shape index (κ3) is 4.04. The number of nitrogens with zero attached hydrogens (tertiary/aromatic N) is 2. The van der Waals surface area contributed by atoms with Gasteiger partial charge in [-0.1, -0.05) is 17.7 Å². The molecule has 3 aromatic rings. The maximum atomic E-state index is 12.8. The summed E-state index contributed by atoms with van der Waals surface area (Å²) in [4.78, 5) is 31.5. The van der Waals surface area contributed by atoms with Gasteiger partial charge in [0.1, 0.15) is 12.3 Å². The molecular weight excluding hydrogens is 422 g/mol. The van der Waals surface area contributed by atoms with E-state index in [1.54, 1.807) is 30.4 Å². The predicted octanol–water partition coefficient (Wildman–Crippen LogP) is 4.83. The van der Waals surface area contributed by atoms with Crippen molar-refractivity contribution < 1.29 is 14.3 Å². The van der Waals surface area contributed by atoms with E-state index in [-0.39, 0.29) is 18.4 Å². The quantitative estimate of drug-likeness (QED) is 0.629. The van der Waals surface area contributed by atoms with E-state index < -0.39 is 6.10 Å². The zero-order chi connectivity index (χ0) is 21.4. The molecule has 0 radical (unpaired) electrons. The van der Waals surface area contributed by atoms with Gasteiger partial charge in [-0.3, -0.25) is 14.5 Å². The molecule has 0 bridgehead atoms. The molecule has 2 amide bonds. The van der Waals surface area contributed by atoms with E-state index in [2.05, 4.69) is 10.3 Å². The number of rotatable bonds is 4. The maximum absolute atomic E-state index is 12.8. The third-order valence-corrected chi connectivity index (χ3v) is 6.02. The molecule has 1 atom stereocenters. The predicted molar refractivity (Wildman–Crippen MR) is 120 cm³/mol. The summed E-state index contributed by atoms with van der Waals surface area (Å²) in [5.74, 6) is -0.0339. The van der Waals surface area contributed by atoms with Crippen LogP contribution in [0.3, 0.4) is 0 Å². The van der Waals surface area contributed by atoms with Crippen molar-refractivity contribution >= 4 is 46.1 Å². The lowest BCUT2D eigenvalue weighted by molar-refractivity contribution is -0.127. The van der Waals surface area contributed by atoms with Crippen molar-refractivity contribution in [3.05, 3.63) is 57.4 Å². The van der Waals surface area contributed by atoms with Crippen LogP contribution in [-0.4, -0.2) is 29.4 Å². The molecule has 2 aromatic carbocycles. The van der Waals surface area contributed by atoms with E-state index >= 15 is 0 Å². The number of carbonyl (C=O) groups is 2. The smallest absolute Gasteiger partial charge is 0.268 e. The van der Waals surface area contributed by atoms with Gasteiger partial charge in [0.05, 0.1) is 16.4 Å². The summed E-state index contributed by atoms with van der Waals surface area (Å²) < 4.78 is 5.74. The van der Waals surface area contributed by atoms with E-state index in [9.17, 15) is 9.59 Å². The van der Waals surface area contributed by atoms with Crippen LogP contribution in [-0.2, 0) is 9.59 Å². The molecule has 0 aliphatic carbocycles. The molecule has 1 aromatic heterocycles. The Morgan fingerprint density at radius 1 is 1.27 bits per heavy atom. The van der Waals surface area contributed by atoms with Crippen LogP contribution in [0.5, 0.6) is 5.75 Å². The second-order valence-electron chi connectivity index (χ2n) is 7.13. The van der Waals surface area contributed by atoms with Gasteiger partial charge >= 0.3 is 0 Å². The van der Waals surface area contributed by atoms with E-state index in [0.29, 0.717) is 22.1 Å². The molecule has 0 saturated carbocycles. The van der Waals surface area contributed by atoms with Crippen molar-refractivity contribution in [2.24, 2.45) is 0 Å². The average Bonchev–Trinajstić information content (AvgIpc) is 3.14. The van der Waals surface area contributed by atoms with Crippen LogP contribution in [0.15, 0.2) is 41.8 Å². The number of thiazole rings is 1. The lowest BCUT2D eigenvalue weighted by Crippen LogP contribution is -2.47. The van der Waals surface area contributed by atoms with Crippen molar-refractivity contribution in [1.82, 2.24) is 4.98 Å². The lowest BCUT2D eigenvalue weighted by atomic mass is 10.1. The molecule has 1 aliphatic heterocycles. The number of halogens is 1. The molecule has 0 fully saturated rings. The number of anilines is 2. The SMILES string of the molecule is Cc1nc(-c2ccc3c(c2)N(CC(=O)Nc2ccc(C)c(Cl)c2)C(=O)C(C)O3)cs1. The van der Waals surface area contributed by atoms with Gasteiger partial charge < -0.3 is 10.1 Å². The summed E-state index contributed by atoms with van der Waals surface area (Å²) >= 11 is 7.69. The Hall–Kier alpha value is -2.90.